The van der Waals surface area contributed by atoms with Crippen LogP contribution in [0.5, 0.6) is 5.75 Å². The van der Waals surface area contributed by atoms with Gasteiger partial charge in [0.05, 0.1) is 11.7 Å². The van der Waals surface area contributed by atoms with E-state index in [0.717, 1.165) is 12.2 Å². The van der Waals surface area contributed by atoms with Crippen LogP contribution in [0.25, 0.3) is 0 Å². The summed E-state index contributed by atoms with van der Waals surface area (Å²) in [5.41, 5.74) is 0.395. The van der Waals surface area contributed by atoms with Gasteiger partial charge in [-0.2, -0.15) is 0 Å². The zero-order chi connectivity index (χ0) is 15.2. The van der Waals surface area contributed by atoms with E-state index >= 15 is 0 Å². The summed E-state index contributed by atoms with van der Waals surface area (Å²) >= 11 is 0. The van der Waals surface area contributed by atoms with Gasteiger partial charge in [0.15, 0.2) is 0 Å². The third-order valence-electron chi connectivity index (χ3n) is 2.67. The second-order valence-electron chi connectivity index (χ2n) is 5.81. The fourth-order valence-corrected chi connectivity index (χ4v) is 1.44. The summed E-state index contributed by atoms with van der Waals surface area (Å²) in [6.45, 7) is 9.88. The third kappa shape index (κ3) is 6.57. The van der Waals surface area contributed by atoms with E-state index in [-0.39, 0.29) is 24.2 Å². The zero-order valence-corrected chi connectivity index (χ0v) is 13.0. The molecular formula is C16H25NO3. The molecule has 0 heterocycles. The normalized spacial score (nSPS) is 12.8. The van der Waals surface area contributed by atoms with Crippen molar-refractivity contribution in [1.29, 1.82) is 0 Å². The minimum Gasteiger partial charge on any atom is -0.491 e. The van der Waals surface area contributed by atoms with Crippen LogP contribution in [0.2, 0.25) is 0 Å². The molecule has 1 amide bonds. The van der Waals surface area contributed by atoms with Gasteiger partial charge in [0.2, 0.25) is 5.91 Å². The Morgan fingerprint density at radius 2 is 2.05 bits per heavy atom. The van der Waals surface area contributed by atoms with Gasteiger partial charge in [0, 0.05) is 11.8 Å². The van der Waals surface area contributed by atoms with Gasteiger partial charge >= 0.3 is 0 Å². The average Bonchev–Trinajstić information content (AvgIpc) is 2.36. The van der Waals surface area contributed by atoms with Crippen molar-refractivity contribution in [3.05, 3.63) is 24.3 Å². The Morgan fingerprint density at radius 3 is 2.65 bits per heavy atom. The number of hydrogen-bond donors (Lipinski definition) is 1. The molecule has 4 heteroatoms. The van der Waals surface area contributed by atoms with Gasteiger partial charge in [0.1, 0.15) is 12.4 Å². The van der Waals surface area contributed by atoms with E-state index < -0.39 is 0 Å². The van der Waals surface area contributed by atoms with Gasteiger partial charge in [-0.25, -0.2) is 0 Å². The van der Waals surface area contributed by atoms with Crippen LogP contribution in [-0.2, 0) is 9.53 Å². The number of hydrogen-bond acceptors (Lipinski definition) is 3. The van der Waals surface area contributed by atoms with Crippen molar-refractivity contribution in [3.8, 4) is 5.75 Å². The fourth-order valence-electron chi connectivity index (χ4n) is 1.44. The molecule has 4 nitrogen and oxygen atoms in total. The van der Waals surface area contributed by atoms with Crippen LogP contribution in [0, 0.1) is 0 Å². The zero-order valence-electron chi connectivity index (χ0n) is 13.0. The van der Waals surface area contributed by atoms with Crippen LogP contribution in [0.4, 0.5) is 5.69 Å². The third-order valence-corrected chi connectivity index (χ3v) is 2.67. The van der Waals surface area contributed by atoms with E-state index in [1.165, 1.54) is 0 Å². The van der Waals surface area contributed by atoms with E-state index in [9.17, 15) is 4.79 Å². The molecule has 0 fully saturated rings. The Bertz CT molecular complexity index is 438. The van der Waals surface area contributed by atoms with Crippen molar-refractivity contribution in [2.24, 2.45) is 0 Å². The van der Waals surface area contributed by atoms with Gasteiger partial charge < -0.3 is 14.8 Å². The molecule has 0 aromatic heterocycles. The molecule has 0 radical (unpaired) electrons. The first kappa shape index (κ1) is 16.5. The highest BCUT2D eigenvalue weighted by Gasteiger charge is 2.13. The number of benzene rings is 1. The predicted molar refractivity (Wildman–Crippen MR) is 81.2 cm³/mol. The monoisotopic (exact) mass is 279 g/mol. The first-order valence-corrected chi connectivity index (χ1v) is 7.00. The smallest absolute Gasteiger partial charge is 0.250 e. The highest BCUT2D eigenvalue weighted by Crippen LogP contribution is 2.19. The molecule has 0 aliphatic rings. The molecule has 112 valence electrons. The molecule has 0 spiro atoms. The van der Waals surface area contributed by atoms with Crippen LogP contribution in [0.15, 0.2) is 24.3 Å². The molecule has 1 atom stereocenters. The number of nitrogens with one attached hydrogen (secondary N) is 1. The summed E-state index contributed by atoms with van der Waals surface area (Å²) in [6, 6.07) is 7.39. The number of carbonyl (C=O) groups excluding carboxylic acids is 1. The Morgan fingerprint density at radius 1 is 1.35 bits per heavy atom. The highest BCUT2D eigenvalue weighted by atomic mass is 16.5. The molecule has 1 rings (SSSR count). The summed E-state index contributed by atoms with van der Waals surface area (Å²) in [4.78, 5) is 11.8. The largest absolute Gasteiger partial charge is 0.491 e. The molecule has 1 aromatic carbocycles. The lowest BCUT2D eigenvalue weighted by Gasteiger charge is -2.19. The Kier molecular flexibility index (Phi) is 6.02. The van der Waals surface area contributed by atoms with E-state index in [1.54, 1.807) is 0 Å². The molecule has 0 bridgehead atoms. The molecule has 0 saturated carbocycles. The highest BCUT2D eigenvalue weighted by molar-refractivity contribution is 5.91. The molecule has 1 N–H and O–H groups in total. The minimum atomic E-state index is -0.321. The van der Waals surface area contributed by atoms with Crippen molar-refractivity contribution in [1.82, 2.24) is 0 Å². The first-order chi connectivity index (χ1) is 9.30. The van der Waals surface area contributed by atoms with Crippen molar-refractivity contribution < 1.29 is 14.3 Å². The molecule has 0 aliphatic heterocycles. The maximum atomic E-state index is 11.8. The summed E-state index contributed by atoms with van der Waals surface area (Å²) < 4.78 is 11.1. The minimum absolute atomic E-state index is 0.0416. The lowest BCUT2D eigenvalue weighted by molar-refractivity contribution is -0.125. The average molecular weight is 279 g/mol. The lowest BCUT2D eigenvalue weighted by atomic mass is 10.2. The van der Waals surface area contributed by atoms with E-state index in [1.807, 2.05) is 52.0 Å². The fraction of sp³-hybridized carbons (Fsp3) is 0.562. The maximum Gasteiger partial charge on any atom is 0.250 e. The molecule has 1 aromatic rings. The van der Waals surface area contributed by atoms with Crippen LogP contribution < -0.4 is 10.1 Å². The van der Waals surface area contributed by atoms with E-state index in [4.69, 9.17) is 9.47 Å². The number of ether oxygens (including phenoxy) is 2. The van der Waals surface area contributed by atoms with Crippen LogP contribution >= 0.6 is 0 Å². The van der Waals surface area contributed by atoms with Crippen LogP contribution in [-0.4, -0.2) is 24.2 Å². The first-order valence-electron chi connectivity index (χ1n) is 7.00. The van der Waals surface area contributed by atoms with Gasteiger partial charge in [-0.15, -0.1) is 0 Å². The standard InChI is InChI=1S/C16H25NO3/c1-6-12(2)20-14-9-7-8-13(10-14)17-15(18)11-19-16(3,4)5/h7-10,12H,6,11H2,1-5H3,(H,17,18). The van der Waals surface area contributed by atoms with Crippen molar-refractivity contribution in [2.45, 2.75) is 52.7 Å². The Balaban J connectivity index is 2.55. The maximum absolute atomic E-state index is 11.8. The van der Waals surface area contributed by atoms with E-state index in [0.29, 0.717) is 5.69 Å². The number of amides is 1. The quantitative estimate of drug-likeness (QED) is 0.865. The van der Waals surface area contributed by atoms with E-state index in [2.05, 4.69) is 12.2 Å². The molecular weight excluding hydrogens is 254 g/mol. The second-order valence-corrected chi connectivity index (χ2v) is 5.81. The second kappa shape index (κ2) is 7.29. The SMILES string of the molecule is CCC(C)Oc1cccc(NC(=O)COC(C)(C)C)c1. The van der Waals surface area contributed by atoms with Crippen molar-refractivity contribution in [3.63, 3.8) is 0 Å². The molecule has 0 saturated heterocycles. The Hall–Kier alpha value is -1.55. The molecule has 0 aliphatic carbocycles. The number of carbonyl (C=O) groups is 1. The summed E-state index contributed by atoms with van der Waals surface area (Å²) in [5.74, 6) is 0.592. The summed E-state index contributed by atoms with van der Waals surface area (Å²) in [5, 5.41) is 2.80. The van der Waals surface area contributed by atoms with Crippen LogP contribution in [0.3, 0.4) is 0 Å². The van der Waals surface area contributed by atoms with Crippen molar-refractivity contribution >= 4 is 11.6 Å². The van der Waals surface area contributed by atoms with Gasteiger partial charge in [-0.1, -0.05) is 13.0 Å². The van der Waals surface area contributed by atoms with Crippen LogP contribution in [0.1, 0.15) is 41.0 Å². The number of rotatable bonds is 6. The summed E-state index contributed by atoms with van der Waals surface area (Å²) in [6.07, 6.45) is 1.10. The van der Waals surface area contributed by atoms with Gasteiger partial charge in [-0.3, -0.25) is 4.79 Å². The van der Waals surface area contributed by atoms with Crippen molar-refractivity contribution in [2.75, 3.05) is 11.9 Å². The predicted octanol–water partition coefficient (Wildman–Crippen LogP) is 3.62. The topological polar surface area (TPSA) is 47.6 Å². The Labute approximate surface area is 121 Å². The van der Waals surface area contributed by atoms with Gasteiger partial charge in [0.25, 0.3) is 0 Å². The molecule has 20 heavy (non-hydrogen) atoms. The number of anilines is 1. The summed E-state index contributed by atoms with van der Waals surface area (Å²) in [7, 11) is 0. The molecule has 1 unspecified atom stereocenters. The lowest BCUT2D eigenvalue weighted by Crippen LogP contribution is -2.27. The van der Waals surface area contributed by atoms with Gasteiger partial charge in [-0.05, 0) is 46.2 Å².